The average Bonchev–Trinajstić information content (AvgIpc) is 2.67. The highest BCUT2D eigenvalue weighted by atomic mass is 16.5. The van der Waals surface area contributed by atoms with Crippen LogP contribution in [0.25, 0.3) is 0 Å². The van der Waals surface area contributed by atoms with E-state index in [1.807, 2.05) is 0 Å². The number of carbonyl (C=O) groups excluding carboxylic acids is 1. The SMILES string of the molecule is BN1CCc2cc3c(cc2CC1)N(CCOC)C(=O)CO3. The minimum absolute atomic E-state index is 0.00485. The van der Waals surface area contributed by atoms with Crippen molar-refractivity contribution in [3.8, 4) is 5.75 Å². The summed E-state index contributed by atoms with van der Waals surface area (Å²) in [5.74, 6) is 0.833. The predicted octanol–water partition coefficient (Wildman–Crippen LogP) is 0.00710. The number of fused-ring (bicyclic) bond motifs is 2. The molecule has 1 amide bonds. The van der Waals surface area contributed by atoms with E-state index >= 15 is 0 Å². The fraction of sp³-hybridized carbons (Fsp3) is 0.533. The van der Waals surface area contributed by atoms with E-state index in [0.29, 0.717) is 13.2 Å². The van der Waals surface area contributed by atoms with Gasteiger partial charge in [-0.2, -0.15) is 0 Å². The summed E-state index contributed by atoms with van der Waals surface area (Å²) in [6.45, 7) is 3.35. The van der Waals surface area contributed by atoms with E-state index in [1.165, 1.54) is 11.1 Å². The van der Waals surface area contributed by atoms with Crippen LogP contribution in [-0.4, -0.2) is 58.7 Å². The molecule has 3 rings (SSSR count). The maximum atomic E-state index is 12.1. The molecule has 0 spiro atoms. The molecule has 0 bridgehead atoms. The van der Waals surface area contributed by atoms with Crippen LogP contribution in [0, 0.1) is 0 Å². The van der Waals surface area contributed by atoms with Gasteiger partial charge in [-0.05, 0) is 49.2 Å². The smallest absolute Gasteiger partial charge is 0.265 e. The number of hydrogen-bond donors (Lipinski definition) is 0. The van der Waals surface area contributed by atoms with E-state index in [9.17, 15) is 4.79 Å². The molecule has 112 valence electrons. The molecule has 0 saturated carbocycles. The minimum atomic E-state index is 0.00485. The molecule has 2 aliphatic heterocycles. The summed E-state index contributed by atoms with van der Waals surface area (Å²) in [7, 11) is 3.80. The van der Waals surface area contributed by atoms with Crippen molar-refractivity contribution in [2.24, 2.45) is 0 Å². The molecular weight excluding hydrogens is 267 g/mol. The number of nitrogens with zero attached hydrogens (tertiary/aromatic N) is 2. The van der Waals surface area contributed by atoms with Crippen molar-refractivity contribution in [1.82, 2.24) is 4.81 Å². The highest BCUT2D eigenvalue weighted by molar-refractivity contribution is 6.04. The standard InChI is InChI=1S/C15H21BN2O3/c1-20-7-6-18-13-8-11-2-4-17(16)5-3-12(11)9-14(13)21-10-15(18)19/h8-9H,2-7,10,16H2,1H3. The van der Waals surface area contributed by atoms with Gasteiger partial charge >= 0.3 is 0 Å². The van der Waals surface area contributed by atoms with Crippen LogP contribution >= 0.6 is 0 Å². The van der Waals surface area contributed by atoms with Crippen LogP contribution in [0.15, 0.2) is 12.1 Å². The molecule has 5 nitrogen and oxygen atoms in total. The first-order valence-corrected chi connectivity index (χ1v) is 7.45. The molecule has 6 heteroatoms. The van der Waals surface area contributed by atoms with Crippen LogP contribution in [0.4, 0.5) is 5.69 Å². The van der Waals surface area contributed by atoms with Crippen molar-refractivity contribution in [1.29, 1.82) is 0 Å². The zero-order valence-electron chi connectivity index (χ0n) is 12.7. The van der Waals surface area contributed by atoms with Crippen LogP contribution in [0.3, 0.4) is 0 Å². The van der Waals surface area contributed by atoms with Crippen molar-refractivity contribution in [2.75, 3.05) is 44.9 Å². The first-order chi connectivity index (χ1) is 10.2. The summed E-state index contributed by atoms with van der Waals surface area (Å²) in [5.41, 5.74) is 3.57. The lowest BCUT2D eigenvalue weighted by molar-refractivity contribution is -0.121. The van der Waals surface area contributed by atoms with E-state index in [4.69, 9.17) is 9.47 Å². The molecule has 0 N–H and O–H groups in total. The van der Waals surface area contributed by atoms with Gasteiger partial charge in [0.1, 0.15) is 5.75 Å². The van der Waals surface area contributed by atoms with Crippen molar-refractivity contribution in [3.63, 3.8) is 0 Å². The van der Waals surface area contributed by atoms with E-state index in [2.05, 4.69) is 24.9 Å². The van der Waals surface area contributed by atoms with E-state index in [-0.39, 0.29) is 12.5 Å². The number of methoxy groups -OCH3 is 1. The lowest BCUT2D eigenvalue weighted by Gasteiger charge is -2.30. The Balaban J connectivity index is 1.94. The van der Waals surface area contributed by atoms with E-state index in [0.717, 1.165) is 37.4 Å². The zero-order chi connectivity index (χ0) is 14.8. The first-order valence-electron chi connectivity index (χ1n) is 7.45. The maximum absolute atomic E-state index is 12.1. The van der Waals surface area contributed by atoms with Gasteiger partial charge in [-0.1, -0.05) is 0 Å². The summed E-state index contributed by atoms with van der Waals surface area (Å²) in [6.07, 6.45) is 2.06. The second-order valence-corrected chi connectivity index (χ2v) is 5.72. The lowest BCUT2D eigenvalue weighted by Crippen LogP contribution is -2.40. The molecule has 2 aliphatic rings. The molecule has 0 saturated heterocycles. The largest absolute Gasteiger partial charge is 0.482 e. The van der Waals surface area contributed by atoms with Crippen LogP contribution < -0.4 is 9.64 Å². The van der Waals surface area contributed by atoms with E-state index < -0.39 is 0 Å². The van der Waals surface area contributed by atoms with Crippen molar-refractivity contribution >= 4 is 19.6 Å². The maximum Gasteiger partial charge on any atom is 0.265 e. The Labute approximate surface area is 126 Å². The number of ether oxygens (including phenoxy) is 2. The van der Waals surface area contributed by atoms with Gasteiger partial charge in [0, 0.05) is 13.7 Å². The number of benzene rings is 1. The van der Waals surface area contributed by atoms with Gasteiger partial charge in [-0.3, -0.25) is 4.79 Å². The summed E-state index contributed by atoms with van der Waals surface area (Å²) in [5, 5.41) is 0. The van der Waals surface area contributed by atoms with Crippen molar-refractivity contribution in [3.05, 3.63) is 23.3 Å². The normalized spacial score (nSPS) is 18.7. The molecule has 1 aromatic carbocycles. The number of carbonyl (C=O) groups is 1. The quantitative estimate of drug-likeness (QED) is 0.735. The highest BCUT2D eigenvalue weighted by Gasteiger charge is 2.27. The van der Waals surface area contributed by atoms with E-state index in [1.54, 1.807) is 12.0 Å². The molecule has 0 unspecified atom stereocenters. The van der Waals surface area contributed by atoms with Gasteiger partial charge in [0.15, 0.2) is 14.6 Å². The van der Waals surface area contributed by atoms with Crippen LogP contribution in [0.2, 0.25) is 0 Å². The molecule has 0 fully saturated rings. The molecule has 0 atom stereocenters. The first kappa shape index (κ1) is 14.4. The zero-order valence-corrected chi connectivity index (χ0v) is 12.7. The Morgan fingerprint density at radius 1 is 1.29 bits per heavy atom. The second kappa shape index (κ2) is 6.07. The van der Waals surface area contributed by atoms with Gasteiger partial charge in [-0.15, -0.1) is 0 Å². The summed E-state index contributed by atoms with van der Waals surface area (Å²) in [6, 6.07) is 4.26. The Morgan fingerprint density at radius 3 is 2.71 bits per heavy atom. The van der Waals surface area contributed by atoms with Crippen LogP contribution in [0.5, 0.6) is 5.75 Å². The number of anilines is 1. The Bertz CT molecular complexity index is 550. The van der Waals surface area contributed by atoms with Gasteiger partial charge in [0.2, 0.25) is 0 Å². The number of rotatable bonds is 3. The van der Waals surface area contributed by atoms with Crippen LogP contribution in [0.1, 0.15) is 11.1 Å². The van der Waals surface area contributed by atoms with Crippen molar-refractivity contribution < 1.29 is 14.3 Å². The molecule has 1 aromatic rings. The van der Waals surface area contributed by atoms with Gasteiger partial charge < -0.3 is 19.2 Å². The molecule has 0 aromatic heterocycles. The van der Waals surface area contributed by atoms with Crippen molar-refractivity contribution in [2.45, 2.75) is 12.8 Å². The van der Waals surface area contributed by atoms with Crippen LogP contribution in [-0.2, 0) is 22.4 Å². The molecule has 21 heavy (non-hydrogen) atoms. The number of hydrogen-bond acceptors (Lipinski definition) is 4. The summed E-state index contributed by atoms with van der Waals surface area (Å²) < 4.78 is 10.7. The molecular formula is C15H21BN2O3. The summed E-state index contributed by atoms with van der Waals surface area (Å²) >= 11 is 0. The Hall–Kier alpha value is -1.53. The monoisotopic (exact) mass is 288 g/mol. The third kappa shape index (κ3) is 2.92. The third-order valence-electron chi connectivity index (χ3n) is 4.27. The molecule has 0 radical (unpaired) electrons. The number of amides is 1. The van der Waals surface area contributed by atoms with Gasteiger partial charge in [-0.25, -0.2) is 0 Å². The summed E-state index contributed by atoms with van der Waals surface area (Å²) in [4.78, 5) is 16.2. The minimum Gasteiger partial charge on any atom is -0.482 e. The fourth-order valence-corrected chi connectivity index (χ4v) is 2.96. The Morgan fingerprint density at radius 2 is 2.00 bits per heavy atom. The highest BCUT2D eigenvalue weighted by Crippen LogP contribution is 2.36. The lowest BCUT2D eigenvalue weighted by atomic mass is 10.0. The van der Waals surface area contributed by atoms with Gasteiger partial charge in [0.05, 0.1) is 12.3 Å². The predicted molar refractivity (Wildman–Crippen MR) is 83.7 cm³/mol. The Kier molecular flexibility index (Phi) is 4.17. The topological polar surface area (TPSA) is 42.0 Å². The van der Waals surface area contributed by atoms with Gasteiger partial charge in [0.25, 0.3) is 5.91 Å². The fourth-order valence-electron chi connectivity index (χ4n) is 2.96. The third-order valence-corrected chi connectivity index (χ3v) is 4.27. The molecule has 0 aliphatic carbocycles. The second-order valence-electron chi connectivity index (χ2n) is 5.72. The average molecular weight is 288 g/mol. The molecule has 2 heterocycles.